The number of carbonyl (C=O) groups is 2. The molecule has 3 aromatic rings. The molecule has 0 aliphatic heterocycles. The number of rotatable bonds is 7. The van der Waals surface area contributed by atoms with Crippen molar-refractivity contribution >= 4 is 11.9 Å². The van der Waals surface area contributed by atoms with E-state index >= 15 is 0 Å². The molecule has 0 fully saturated rings. The highest BCUT2D eigenvalue weighted by Gasteiger charge is 2.24. The molecule has 7 heteroatoms. The van der Waals surface area contributed by atoms with Gasteiger partial charge in [-0.3, -0.25) is 9.36 Å². The van der Waals surface area contributed by atoms with Gasteiger partial charge < -0.3 is 5.11 Å². The molecule has 3 rings (SSSR count). The van der Waals surface area contributed by atoms with Crippen molar-refractivity contribution in [3.63, 3.8) is 0 Å². The molecule has 0 saturated heterocycles. The van der Waals surface area contributed by atoms with Crippen LogP contribution in [0.1, 0.15) is 53.1 Å². The van der Waals surface area contributed by atoms with Crippen LogP contribution in [0.3, 0.4) is 0 Å². The van der Waals surface area contributed by atoms with Crippen LogP contribution in [0.5, 0.6) is 0 Å². The topological polar surface area (TPSA) is 81.3 Å². The lowest BCUT2D eigenvalue weighted by Crippen LogP contribution is -2.30. The second kappa shape index (κ2) is 8.90. The van der Waals surface area contributed by atoms with Crippen molar-refractivity contribution in [2.45, 2.75) is 39.7 Å². The Kier molecular flexibility index (Phi) is 6.30. The number of carboxylic acid groups (broad SMARTS) is 1. The third kappa shape index (κ3) is 3.83. The third-order valence-electron chi connectivity index (χ3n) is 5.01. The second-order valence-electron chi connectivity index (χ2n) is 6.95. The summed E-state index contributed by atoms with van der Waals surface area (Å²) in [7, 11) is 0. The number of halogens is 1. The predicted molar refractivity (Wildman–Crippen MR) is 112 cm³/mol. The number of nitrogens with zero attached hydrogens (tertiary/aromatic N) is 2. The van der Waals surface area contributed by atoms with E-state index in [-0.39, 0.29) is 24.2 Å². The van der Waals surface area contributed by atoms with Crippen LogP contribution in [0.4, 0.5) is 4.39 Å². The minimum Gasteiger partial charge on any atom is -0.478 e. The van der Waals surface area contributed by atoms with Gasteiger partial charge in [-0.2, -0.15) is 4.39 Å². The number of aromatic carboxylic acids is 1. The van der Waals surface area contributed by atoms with E-state index in [9.17, 15) is 23.9 Å². The molecule has 0 radical (unpaired) electrons. The van der Waals surface area contributed by atoms with Crippen molar-refractivity contribution in [1.29, 1.82) is 0 Å². The molecule has 0 aliphatic carbocycles. The molecule has 0 amide bonds. The van der Waals surface area contributed by atoms with E-state index < -0.39 is 23.5 Å². The van der Waals surface area contributed by atoms with Crippen LogP contribution in [0, 0.1) is 5.95 Å². The Balaban J connectivity index is 2.17. The summed E-state index contributed by atoms with van der Waals surface area (Å²) in [6.07, 6.45) is 0.915. The summed E-state index contributed by atoms with van der Waals surface area (Å²) in [5.74, 6) is -2.48. The van der Waals surface area contributed by atoms with E-state index in [4.69, 9.17) is 0 Å². The molecule has 156 valence electrons. The van der Waals surface area contributed by atoms with Crippen LogP contribution in [0.25, 0.3) is 11.1 Å². The molecule has 0 bridgehead atoms. The van der Waals surface area contributed by atoms with Gasteiger partial charge in [-0.15, -0.1) is 0 Å². The van der Waals surface area contributed by atoms with Crippen molar-refractivity contribution in [2.75, 3.05) is 0 Å². The van der Waals surface area contributed by atoms with Gasteiger partial charge in [-0.25, -0.2) is 14.2 Å². The summed E-state index contributed by atoms with van der Waals surface area (Å²) in [6, 6.07) is 13.7. The lowest BCUT2D eigenvalue weighted by atomic mass is 9.95. The van der Waals surface area contributed by atoms with E-state index in [1.165, 1.54) is 10.6 Å². The van der Waals surface area contributed by atoms with Crippen molar-refractivity contribution in [2.24, 2.45) is 0 Å². The molecule has 1 heterocycles. The number of hydrogen-bond donors (Lipinski definition) is 1. The zero-order valence-electron chi connectivity index (χ0n) is 16.9. The summed E-state index contributed by atoms with van der Waals surface area (Å²) in [5, 5.41) is 9.55. The SMILES string of the molecule is CCCc1c(F)n(C(=O)CC)c(=O)n1Cc1ccccc1-c1ccccc1C(=O)O. The van der Waals surface area contributed by atoms with Crippen LogP contribution in [0.15, 0.2) is 53.3 Å². The number of benzene rings is 2. The van der Waals surface area contributed by atoms with Gasteiger partial charge in [0.15, 0.2) is 0 Å². The van der Waals surface area contributed by atoms with Gasteiger partial charge in [0.25, 0.3) is 0 Å². The Labute approximate surface area is 173 Å². The molecule has 0 saturated carbocycles. The highest BCUT2D eigenvalue weighted by Crippen LogP contribution is 2.28. The first-order valence-electron chi connectivity index (χ1n) is 9.84. The van der Waals surface area contributed by atoms with Crippen LogP contribution in [-0.4, -0.2) is 26.1 Å². The maximum atomic E-state index is 14.9. The molecule has 2 aromatic carbocycles. The Morgan fingerprint density at radius 2 is 1.63 bits per heavy atom. The van der Waals surface area contributed by atoms with Crippen LogP contribution < -0.4 is 5.69 Å². The average Bonchev–Trinajstić information content (AvgIpc) is 2.98. The minimum atomic E-state index is -1.06. The monoisotopic (exact) mass is 410 g/mol. The highest BCUT2D eigenvalue weighted by molar-refractivity contribution is 5.96. The zero-order chi connectivity index (χ0) is 21.8. The van der Waals surface area contributed by atoms with Crippen molar-refractivity contribution in [3.05, 3.63) is 81.8 Å². The molecule has 0 aliphatic rings. The number of carbonyl (C=O) groups excluding carboxylic acids is 1. The van der Waals surface area contributed by atoms with Gasteiger partial charge >= 0.3 is 11.7 Å². The Morgan fingerprint density at radius 3 is 2.27 bits per heavy atom. The molecular formula is C23H23FN2O4. The number of aromatic nitrogens is 2. The number of hydrogen-bond acceptors (Lipinski definition) is 3. The van der Waals surface area contributed by atoms with Gasteiger partial charge in [0, 0.05) is 6.42 Å². The van der Waals surface area contributed by atoms with Gasteiger partial charge in [-0.05, 0) is 29.2 Å². The summed E-state index contributed by atoms with van der Waals surface area (Å²) >= 11 is 0. The van der Waals surface area contributed by atoms with Crippen LogP contribution in [-0.2, 0) is 13.0 Å². The predicted octanol–water partition coefficient (Wildman–Crippen LogP) is 4.21. The highest BCUT2D eigenvalue weighted by atomic mass is 19.1. The largest absolute Gasteiger partial charge is 0.478 e. The van der Waals surface area contributed by atoms with Crippen molar-refractivity contribution in [1.82, 2.24) is 9.13 Å². The zero-order valence-corrected chi connectivity index (χ0v) is 16.9. The number of carboxylic acids is 1. The fourth-order valence-corrected chi connectivity index (χ4v) is 3.57. The van der Waals surface area contributed by atoms with Gasteiger partial charge in [0.1, 0.15) is 0 Å². The fraction of sp³-hybridized carbons (Fsp3) is 0.261. The van der Waals surface area contributed by atoms with Crippen LogP contribution in [0.2, 0.25) is 0 Å². The second-order valence-corrected chi connectivity index (χ2v) is 6.95. The van der Waals surface area contributed by atoms with E-state index in [1.807, 2.05) is 6.92 Å². The van der Waals surface area contributed by atoms with Crippen molar-refractivity contribution in [3.8, 4) is 11.1 Å². The minimum absolute atomic E-state index is 0.00891. The molecule has 0 atom stereocenters. The fourth-order valence-electron chi connectivity index (χ4n) is 3.57. The first-order valence-corrected chi connectivity index (χ1v) is 9.84. The molecule has 6 nitrogen and oxygen atoms in total. The third-order valence-corrected chi connectivity index (χ3v) is 5.01. The lowest BCUT2D eigenvalue weighted by Gasteiger charge is -2.13. The normalized spacial score (nSPS) is 10.9. The average molecular weight is 410 g/mol. The standard InChI is InChI=1S/C23H23FN2O4/c1-3-9-19-21(24)26(20(27)4-2)23(30)25(19)14-15-10-5-6-11-16(15)17-12-7-8-13-18(17)22(28)29/h5-8,10-13H,3-4,9,14H2,1-2H3,(H,28,29). The summed E-state index contributed by atoms with van der Waals surface area (Å²) in [5.41, 5.74) is 1.40. The molecule has 30 heavy (non-hydrogen) atoms. The maximum Gasteiger partial charge on any atom is 0.337 e. The van der Waals surface area contributed by atoms with E-state index in [1.54, 1.807) is 49.4 Å². The summed E-state index contributed by atoms with van der Waals surface area (Å²) < 4.78 is 16.8. The van der Waals surface area contributed by atoms with E-state index in [0.29, 0.717) is 34.1 Å². The first kappa shape index (κ1) is 21.2. The summed E-state index contributed by atoms with van der Waals surface area (Å²) in [4.78, 5) is 36.7. The van der Waals surface area contributed by atoms with Gasteiger partial charge in [0.05, 0.1) is 17.8 Å². The maximum absolute atomic E-state index is 14.9. The quantitative estimate of drug-likeness (QED) is 0.633. The van der Waals surface area contributed by atoms with Crippen LogP contribution >= 0.6 is 0 Å². The van der Waals surface area contributed by atoms with Gasteiger partial charge in [0.2, 0.25) is 11.9 Å². The number of imidazole rings is 1. The molecule has 1 N–H and O–H groups in total. The molecule has 1 aromatic heterocycles. The molecule has 0 unspecified atom stereocenters. The summed E-state index contributed by atoms with van der Waals surface area (Å²) in [6.45, 7) is 3.46. The van der Waals surface area contributed by atoms with E-state index in [0.717, 1.165) is 0 Å². The Morgan fingerprint density at radius 1 is 1.00 bits per heavy atom. The Bertz CT molecular complexity index is 1160. The smallest absolute Gasteiger partial charge is 0.337 e. The van der Waals surface area contributed by atoms with Crippen molar-refractivity contribution < 1.29 is 19.1 Å². The Hall–Kier alpha value is -3.48. The molecular weight excluding hydrogens is 387 g/mol. The lowest BCUT2D eigenvalue weighted by molar-refractivity contribution is 0.0697. The molecule has 0 spiro atoms. The first-order chi connectivity index (χ1) is 14.4. The van der Waals surface area contributed by atoms with Gasteiger partial charge in [-0.1, -0.05) is 62.7 Å². The van der Waals surface area contributed by atoms with E-state index in [2.05, 4.69) is 0 Å².